The Morgan fingerprint density at radius 3 is 2.88 bits per heavy atom. The lowest BCUT2D eigenvalue weighted by molar-refractivity contribution is -0.547. The fraction of sp³-hybridized carbons (Fsp3) is 0.267. The van der Waals surface area contributed by atoms with E-state index in [1.54, 1.807) is 12.1 Å². The second-order valence-electron chi connectivity index (χ2n) is 5.21. The highest BCUT2D eigenvalue weighted by atomic mass is 16.6. The summed E-state index contributed by atoms with van der Waals surface area (Å²) in [5.74, 6) is -0.526. The Morgan fingerprint density at radius 2 is 2.21 bits per heavy atom. The molecule has 124 valence electrons. The molecular weight excluding hydrogens is 316 g/mol. The van der Waals surface area contributed by atoms with Crippen molar-refractivity contribution in [2.24, 2.45) is 0 Å². The molecule has 0 radical (unpaired) electrons. The summed E-state index contributed by atoms with van der Waals surface area (Å²) in [4.78, 5) is 38.3. The van der Waals surface area contributed by atoms with E-state index in [-0.39, 0.29) is 36.9 Å². The van der Waals surface area contributed by atoms with Crippen LogP contribution in [-0.2, 0) is 17.9 Å². The molecule has 0 spiro atoms. The van der Waals surface area contributed by atoms with E-state index in [9.17, 15) is 19.7 Å². The molecule has 9 nitrogen and oxygen atoms in total. The van der Waals surface area contributed by atoms with Crippen molar-refractivity contribution in [3.63, 3.8) is 0 Å². The number of aldehydes is 1. The highest BCUT2D eigenvalue weighted by Crippen LogP contribution is 2.21. The second kappa shape index (κ2) is 6.59. The standard InChI is InChI=1S/C15H14N4O5/c20-8-11-14(15(21)24-9-10-4-2-1-3-5-10)17-12-6-16-7-13(18(11)12)19(22)23/h1-5,8,13,16H,6-7,9H2. The molecule has 1 aliphatic heterocycles. The van der Waals surface area contributed by atoms with E-state index in [4.69, 9.17) is 4.74 Å². The summed E-state index contributed by atoms with van der Waals surface area (Å²) >= 11 is 0. The maximum absolute atomic E-state index is 12.2. The summed E-state index contributed by atoms with van der Waals surface area (Å²) in [5.41, 5.74) is 0.449. The first-order chi connectivity index (χ1) is 11.6. The molecule has 0 saturated heterocycles. The third-order valence-electron chi connectivity index (χ3n) is 3.69. The van der Waals surface area contributed by atoms with Gasteiger partial charge in [-0.2, -0.15) is 0 Å². The van der Waals surface area contributed by atoms with Gasteiger partial charge in [0.15, 0.2) is 12.0 Å². The number of benzene rings is 1. The van der Waals surface area contributed by atoms with Crippen LogP contribution in [0, 0.1) is 10.1 Å². The van der Waals surface area contributed by atoms with Crippen molar-refractivity contribution in [2.75, 3.05) is 6.54 Å². The molecule has 1 aliphatic rings. The topological polar surface area (TPSA) is 116 Å². The van der Waals surface area contributed by atoms with Gasteiger partial charge in [0.1, 0.15) is 18.1 Å². The molecule has 0 saturated carbocycles. The third kappa shape index (κ3) is 2.88. The van der Waals surface area contributed by atoms with Gasteiger partial charge in [0, 0.05) is 4.92 Å². The lowest BCUT2D eigenvalue weighted by atomic mass is 10.2. The third-order valence-corrected chi connectivity index (χ3v) is 3.69. The normalized spacial score (nSPS) is 16.2. The van der Waals surface area contributed by atoms with E-state index in [2.05, 4.69) is 10.3 Å². The number of nitrogens with one attached hydrogen (secondary N) is 1. The van der Waals surface area contributed by atoms with Gasteiger partial charge in [-0.3, -0.25) is 19.5 Å². The van der Waals surface area contributed by atoms with Crippen LogP contribution in [0.25, 0.3) is 0 Å². The van der Waals surface area contributed by atoms with Gasteiger partial charge in [-0.1, -0.05) is 30.3 Å². The Balaban J connectivity index is 1.87. The summed E-state index contributed by atoms with van der Waals surface area (Å²) in [7, 11) is 0. The van der Waals surface area contributed by atoms with Crippen LogP contribution in [0.5, 0.6) is 0 Å². The van der Waals surface area contributed by atoms with Gasteiger partial charge in [-0.25, -0.2) is 9.78 Å². The van der Waals surface area contributed by atoms with Crippen molar-refractivity contribution in [3.05, 3.63) is 63.2 Å². The summed E-state index contributed by atoms with van der Waals surface area (Å²) in [5, 5.41) is 14.0. The number of rotatable bonds is 5. The van der Waals surface area contributed by atoms with E-state index < -0.39 is 17.1 Å². The smallest absolute Gasteiger partial charge is 0.359 e. The largest absolute Gasteiger partial charge is 0.456 e. The molecule has 0 fully saturated rings. The summed E-state index contributed by atoms with van der Waals surface area (Å²) < 4.78 is 6.35. The molecule has 0 aliphatic carbocycles. The van der Waals surface area contributed by atoms with E-state index in [0.717, 1.165) is 5.56 Å². The number of fused-ring (bicyclic) bond motifs is 1. The van der Waals surface area contributed by atoms with Gasteiger partial charge in [-0.15, -0.1) is 0 Å². The van der Waals surface area contributed by atoms with Crippen LogP contribution < -0.4 is 5.32 Å². The predicted molar refractivity (Wildman–Crippen MR) is 80.9 cm³/mol. The number of imidazole rings is 1. The average Bonchev–Trinajstić information content (AvgIpc) is 2.99. The summed E-state index contributed by atoms with van der Waals surface area (Å²) in [6.07, 6.45) is -0.783. The Bertz CT molecular complexity index is 787. The van der Waals surface area contributed by atoms with Gasteiger partial charge in [0.05, 0.1) is 13.1 Å². The number of hydrogen-bond acceptors (Lipinski definition) is 7. The highest BCUT2D eigenvalue weighted by molar-refractivity contribution is 5.95. The van der Waals surface area contributed by atoms with Crippen molar-refractivity contribution < 1.29 is 19.2 Å². The van der Waals surface area contributed by atoms with Crippen LogP contribution in [0.3, 0.4) is 0 Å². The zero-order chi connectivity index (χ0) is 17.1. The quantitative estimate of drug-likeness (QED) is 0.375. The highest BCUT2D eigenvalue weighted by Gasteiger charge is 2.35. The van der Waals surface area contributed by atoms with Crippen LogP contribution in [0.4, 0.5) is 0 Å². The minimum absolute atomic E-state index is 0.0249. The second-order valence-corrected chi connectivity index (χ2v) is 5.21. The van der Waals surface area contributed by atoms with Crippen molar-refractivity contribution in [3.8, 4) is 0 Å². The maximum Gasteiger partial charge on any atom is 0.359 e. The monoisotopic (exact) mass is 330 g/mol. The van der Waals surface area contributed by atoms with Crippen LogP contribution >= 0.6 is 0 Å². The Kier molecular flexibility index (Phi) is 4.34. The number of esters is 1. The molecule has 9 heteroatoms. The van der Waals surface area contributed by atoms with E-state index >= 15 is 0 Å². The maximum atomic E-state index is 12.2. The lowest BCUT2D eigenvalue weighted by Crippen LogP contribution is -2.38. The van der Waals surface area contributed by atoms with Crippen LogP contribution in [0.15, 0.2) is 30.3 Å². The van der Waals surface area contributed by atoms with Crippen molar-refractivity contribution in [1.82, 2.24) is 14.9 Å². The van der Waals surface area contributed by atoms with Crippen molar-refractivity contribution >= 4 is 12.3 Å². The Labute approximate surface area is 136 Å². The van der Waals surface area contributed by atoms with Gasteiger partial charge in [0.25, 0.3) is 0 Å². The minimum Gasteiger partial charge on any atom is -0.456 e. The lowest BCUT2D eigenvalue weighted by Gasteiger charge is -2.20. The number of nitrogens with zero attached hydrogens (tertiary/aromatic N) is 3. The zero-order valence-corrected chi connectivity index (χ0v) is 12.5. The van der Waals surface area contributed by atoms with E-state index in [0.29, 0.717) is 6.29 Å². The van der Waals surface area contributed by atoms with E-state index in [1.165, 1.54) is 4.57 Å². The van der Waals surface area contributed by atoms with Crippen molar-refractivity contribution in [1.29, 1.82) is 0 Å². The molecule has 24 heavy (non-hydrogen) atoms. The number of carbonyl (C=O) groups is 2. The average molecular weight is 330 g/mol. The number of nitro groups is 1. The SMILES string of the molecule is O=Cc1c(C(=O)OCc2ccccc2)nc2n1C([N+](=O)[O-])CNC2. The Hall–Kier alpha value is -3.07. The van der Waals surface area contributed by atoms with Crippen molar-refractivity contribution in [2.45, 2.75) is 19.3 Å². The number of aromatic nitrogens is 2. The molecule has 0 amide bonds. The zero-order valence-electron chi connectivity index (χ0n) is 12.5. The molecule has 1 aromatic carbocycles. The van der Waals surface area contributed by atoms with Gasteiger partial charge >= 0.3 is 12.1 Å². The van der Waals surface area contributed by atoms with Gasteiger partial charge in [-0.05, 0) is 5.56 Å². The van der Waals surface area contributed by atoms with Gasteiger partial charge in [0.2, 0.25) is 0 Å². The fourth-order valence-corrected chi connectivity index (χ4v) is 2.58. The molecule has 2 aromatic rings. The first-order valence-electron chi connectivity index (χ1n) is 7.23. The van der Waals surface area contributed by atoms with Gasteiger partial charge < -0.3 is 10.1 Å². The predicted octanol–water partition coefficient (Wildman–Crippen LogP) is 0.931. The molecule has 1 N–H and O–H groups in total. The first kappa shape index (κ1) is 15.8. The van der Waals surface area contributed by atoms with Crippen LogP contribution in [0.1, 0.15) is 38.5 Å². The fourth-order valence-electron chi connectivity index (χ4n) is 2.58. The summed E-state index contributed by atoms with van der Waals surface area (Å²) in [6, 6.07) is 9.03. The molecule has 3 rings (SSSR count). The first-order valence-corrected chi connectivity index (χ1v) is 7.23. The number of carbonyl (C=O) groups excluding carboxylic acids is 2. The van der Waals surface area contributed by atoms with E-state index in [1.807, 2.05) is 18.2 Å². The Morgan fingerprint density at radius 1 is 1.46 bits per heavy atom. The number of hydrogen-bond donors (Lipinski definition) is 1. The van der Waals surface area contributed by atoms with Crippen LogP contribution in [-0.4, -0.2) is 33.3 Å². The number of ether oxygens (including phenoxy) is 1. The molecule has 1 atom stereocenters. The molecule has 1 aromatic heterocycles. The molecule has 1 unspecified atom stereocenters. The summed E-state index contributed by atoms with van der Waals surface area (Å²) in [6.45, 7) is 0.309. The minimum atomic E-state index is -1.18. The van der Waals surface area contributed by atoms with Crippen LogP contribution in [0.2, 0.25) is 0 Å². The molecule has 0 bridgehead atoms. The molecular formula is C15H14N4O5. The molecule has 2 heterocycles.